The fourth-order valence-corrected chi connectivity index (χ4v) is 1.04. The van der Waals surface area contributed by atoms with Gasteiger partial charge >= 0.3 is 11.9 Å². The average Bonchev–Trinajstić information content (AvgIpc) is 2.77. The van der Waals surface area contributed by atoms with Crippen molar-refractivity contribution < 1.29 is 23.5 Å². The van der Waals surface area contributed by atoms with E-state index in [-0.39, 0.29) is 11.5 Å². The molecule has 1 rings (SSSR count). The fraction of sp³-hybridized carbons (Fsp3) is 0.455. The molecule has 0 saturated carbocycles. The van der Waals surface area contributed by atoms with Gasteiger partial charge in [0.2, 0.25) is 11.5 Å². The van der Waals surface area contributed by atoms with Crippen LogP contribution in [0.2, 0.25) is 0 Å². The van der Waals surface area contributed by atoms with E-state index in [1.165, 1.54) is 19.2 Å². The van der Waals surface area contributed by atoms with Crippen molar-refractivity contribution in [2.45, 2.75) is 19.8 Å². The summed E-state index contributed by atoms with van der Waals surface area (Å²) in [6, 6.07) is 2.77. The first-order valence-electron chi connectivity index (χ1n) is 5.04. The van der Waals surface area contributed by atoms with Gasteiger partial charge in [0, 0.05) is 0 Å². The lowest BCUT2D eigenvalue weighted by Crippen LogP contribution is -2.05. The predicted octanol–water partition coefficient (Wildman–Crippen LogP) is 2.02. The molecule has 0 radical (unpaired) electrons. The van der Waals surface area contributed by atoms with E-state index in [4.69, 9.17) is 9.15 Å². The number of carbonyl (C=O) groups is 2. The minimum atomic E-state index is -0.618. The molecule has 0 atom stereocenters. The highest BCUT2D eigenvalue weighted by molar-refractivity contribution is 5.90. The molecule has 0 spiro atoms. The number of carbonyl (C=O) groups excluding carboxylic acids is 2. The third-order valence-electron chi connectivity index (χ3n) is 1.92. The summed E-state index contributed by atoms with van der Waals surface area (Å²) in [7, 11) is 1.24. The average molecular weight is 226 g/mol. The Bertz CT molecular complexity index is 366. The number of furan rings is 1. The first-order chi connectivity index (χ1) is 7.69. The van der Waals surface area contributed by atoms with Crippen molar-refractivity contribution in [1.29, 1.82) is 0 Å². The van der Waals surface area contributed by atoms with E-state index < -0.39 is 11.9 Å². The Kier molecular flexibility index (Phi) is 4.57. The molecule has 0 aliphatic heterocycles. The van der Waals surface area contributed by atoms with Crippen molar-refractivity contribution in [3.63, 3.8) is 0 Å². The van der Waals surface area contributed by atoms with E-state index >= 15 is 0 Å². The predicted molar refractivity (Wildman–Crippen MR) is 55.2 cm³/mol. The fourth-order valence-electron chi connectivity index (χ4n) is 1.04. The van der Waals surface area contributed by atoms with Crippen LogP contribution in [0.25, 0.3) is 0 Å². The zero-order valence-corrected chi connectivity index (χ0v) is 9.32. The van der Waals surface area contributed by atoms with Crippen LogP contribution < -0.4 is 0 Å². The van der Waals surface area contributed by atoms with Crippen LogP contribution in [0.4, 0.5) is 0 Å². The van der Waals surface area contributed by atoms with Crippen LogP contribution in [0.15, 0.2) is 16.5 Å². The summed E-state index contributed by atoms with van der Waals surface area (Å²) in [6.07, 6.45) is 1.75. The number of ether oxygens (including phenoxy) is 2. The summed E-state index contributed by atoms with van der Waals surface area (Å²) in [4.78, 5) is 22.4. The van der Waals surface area contributed by atoms with E-state index in [0.717, 1.165) is 12.8 Å². The maximum Gasteiger partial charge on any atom is 0.374 e. The molecule has 0 saturated heterocycles. The highest BCUT2D eigenvalue weighted by Gasteiger charge is 2.16. The lowest BCUT2D eigenvalue weighted by atomic mass is 10.3. The Hall–Kier alpha value is -1.78. The number of esters is 2. The number of methoxy groups -OCH3 is 1. The van der Waals surface area contributed by atoms with E-state index in [2.05, 4.69) is 4.74 Å². The molecule has 0 amide bonds. The lowest BCUT2D eigenvalue weighted by Gasteiger charge is -2.00. The first kappa shape index (κ1) is 12.3. The first-order valence-corrected chi connectivity index (χ1v) is 5.04. The minimum Gasteiger partial charge on any atom is -0.463 e. The Labute approximate surface area is 93.3 Å². The van der Waals surface area contributed by atoms with E-state index in [1.807, 2.05) is 6.92 Å². The van der Waals surface area contributed by atoms with Gasteiger partial charge < -0.3 is 13.9 Å². The Morgan fingerprint density at radius 1 is 1.25 bits per heavy atom. The molecule has 1 aromatic heterocycles. The van der Waals surface area contributed by atoms with Gasteiger partial charge in [-0.1, -0.05) is 13.3 Å². The lowest BCUT2D eigenvalue weighted by molar-refractivity contribution is 0.0453. The van der Waals surface area contributed by atoms with Gasteiger partial charge in [-0.15, -0.1) is 0 Å². The van der Waals surface area contributed by atoms with Crippen LogP contribution in [-0.4, -0.2) is 25.7 Å². The van der Waals surface area contributed by atoms with Gasteiger partial charge in [0.1, 0.15) is 0 Å². The van der Waals surface area contributed by atoms with Crippen molar-refractivity contribution in [1.82, 2.24) is 0 Å². The number of hydrogen-bond acceptors (Lipinski definition) is 5. The number of unbranched alkanes of at least 4 members (excludes halogenated alkanes) is 1. The van der Waals surface area contributed by atoms with Crippen molar-refractivity contribution in [3.8, 4) is 0 Å². The second-order valence-corrected chi connectivity index (χ2v) is 3.14. The summed E-state index contributed by atoms with van der Waals surface area (Å²) in [5.41, 5.74) is 0. The molecule has 5 nitrogen and oxygen atoms in total. The summed E-state index contributed by atoms with van der Waals surface area (Å²) >= 11 is 0. The van der Waals surface area contributed by atoms with E-state index in [9.17, 15) is 9.59 Å². The normalized spacial score (nSPS) is 9.88. The molecule has 0 unspecified atom stereocenters. The Morgan fingerprint density at radius 3 is 2.44 bits per heavy atom. The topological polar surface area (TPSA) is 65.7 Å². The van der Waals surface area contributed by atoms with Gasteiger partial charge in [-0.25, -0.2) is 9.59 Å². The maximum atomic E-state index is 11.4. The molecule has 0 aromatic carbocycles. The molecule has 0 bridgehead atoms. The van der Waals surface area contributed by atoms with Gasteiger partial charge in [-0.2, -0.15) is 0 Å². The van der Waals surface area contributed by atoms with Gasteiger partial charge in [0.15, 0.2) is 0 Å². The van der Waals surface area contributed by atoms with Crippen molar-refractivity contribution >= 4 is 11.9 Å². The molecule has 0 fully saturated rings. The molecule has 16 heavy (non-hydrogen) atoms. The SMILES string of the molecule is CCCCOC(=O)c1ccc(C(=O)OC)o1. The zero-order chi connectivity index (χ0) is 12.0. The molecule has 0 aliphatic rings. The molecular formula is C11H14O5. The summed E-state index contributed by atoms with van der Waals surface area (Å²) in [6.45, 7) is 2.35. The van der Waals surface area contributed by atoms with Gasteiger partial charge in [0.25, 0.3) is 0 Å². The molecule has 0 aliphatic carbocycles. The quantitative estimate of drug-likeness (QED) is 0.567. The molecule has 1 heterocycles. The van der Waals surface area contributed by atoms with E-state index in [0.29, 0.717) is 6.61 Å². The molecule has 88 valence electrons. The molecule has 0 N–H and O–H groups in total. The highest BCUT2D eigenvalue weighted by Crippen LogP contribution is 2.10. The summed E-state index contributed by atoms with van der Waals surface area (Å²) in [5, 5.41) is 0. The summed E-state index contributed by atoms with van der Waals surface area (Å²) in [5.74, 6) is -1.18. The Balaban J connectivity index is 2.56. The van der Waals surface area contributed by atoms with Gasteiger partial charge in [-0.3, -0.25) is 0 Å². The van der Waals surface area contributed by atoms with Crippen molar-refractivity contribution in [2.75, 3.05) is 13.7 Å². The van der Waals surface area contributed by atoms with Crippen LogP contribution in [0.3, 0.4) is 0 Å². The number of rotatable bonds is 5. The molecule has 5 heteroatoms. The standard InChI is InChI=1S/C11H14O5/c1-3-4-7-15-11(13)9-6-5-8(16-9)10(12)14-2/h5-6H,3-4,7H2,1-2H3. The van der Waals surface area contributed by atoms with Crippen LogP contribution in [0, 0.1) is 0 Å². The van der Waals surface area contributed by atoms with Crippen LogP contribution in [0.5, 0.6) is 0 Å². The smallest absolute Gasteiger partial charge is 0.374 e. The molecular weight excluding hydrogens is 212 g/mol. The number of hydrogen-bond donors (Lipinski definition) is 0. The van der Waals surface area contributed by atoms with Gasteiger partial charge in [0.05, 0.1) is 13.7 Å². The van der Waals surface area contributed by atoms with Crippen LogP contribution >= 0.6 is 0 Å². The van der Waals surface area contributed by atoms with Crippen molar-refractivity contribution in [2.24, 2.45) is 0 Å². The Morgan fingerprint density at radius 2 is 1.88 bits per heavy atom. The third-order valence-corrected chi connectivity index (χ3v) is 1.92. The molecule has 1 aromatic rings. The second-order valence-electron chi connectivity index (χ2n) is 3.14. The van der Waals surface area contributed by atoms with E-state index in [1.54, 1.807) is 0 Å². The highest BCUT2D eigenvalue weighted by atomic mass is 16.6. The largest absolute Gasteiger partial charge is 0.463 e. The van der Waals surface area contributed by atoms with Gasteiger partial charge in [-0.05, 0) is 18.6 Å². The summed E-state index contributed by atoms with van der Waals surface area (Å²) < 4.78 is 14.3. The van der Waals surface area contributed by atoms with Crippen LogP contribution in [0.1, 0.15) is 40.9 Å². The van der Waals surface area contributed by atoms with Crippen LogP contribution in [-0.2, 0) is 9.47 Å². The zero-order valence-electron chi connectivity index (χ0n) is 9.32. The maximum absolute atomic E-state index is 11.4. The van der Waals surface area contributed by atoms with Crippen molar-refractivity contribution in [3.05, 3.63) is 23.7 Å². The monoisotopic (exact) mass is 226 g/mol. The second kappa shape index (κ2) is 5.95. The third kappa shape index (κ3) is 3.12. The minimum absolute atomic E-state index is 0.00931.